The van der Waals surface area contributed by atoms with Gasteiger partial charge in [0.05, 0.1) is 10.7 Å². The number of anilines is 1. The van der Waals surface area contributed by atoms with Gasteiger partial charge in [-0.25, -0.2) is 12.8 Å². The van der Waals surface area contributed by atoms with E-state index in [-0.39, 0.29) is 16.6 Å². The van der Waals surface area contributed by atoms with Crippen LogP contribution in [0.5, 0.6) is 0 Å². The molecule has 1 amide bonds. The summed E-state index contributed by atoms with van der Waals surface area (Å²) >= 11 is 5.95. The number of sulfonamides is 1. The molecule has 8 heteroatoms. The van der Waals surface area contributed by atoms with Crippen LogP contribution in [0.25, 0.3) is 0 Å². The zero-order valence-corrected chi connectivity index (χ0v) is 14.0. The molecule has 0 spiro atoms. The summed E-state index contributed by atoms with van der Waals surface area (Å²) in [5.74, 6) is -1.10. The SMILES string of the molecule is CC(=O)Nc1cc(F)c(S(=O)(=O)N2CCC[C@H](C)C2)cc1Cl. The molecule has 1 aliphatic heterocycles. The van der Waals surface area contributed by atoms with E-state index in [1.807, 2.05) is 6.92 Å². The highest BCUT2D eigenvalue weighted by Crippen LogP contribution is 2.31. The van der Waals surface area contributed by atoms with E-state index >= 15 is 0 Å². The smallest absolute Gasteiger partial charge is 0.246 e. The van der Waals surface area contributed by atoms with E-state index in [9.17, 15) is 17.6 Å². The zero-order valence-electron chi connectivity index (χ0n) is 12.4. The molecule has 0 aromatic heterocycles. The van der Waals surface area contributed by atoms with Gasteiger partial charge in [-0.3, -0.25) is 4.79 Å². The van der Waals surface area contributed by atoms with Crippen molar-refractivity contribution in [3.05, 3.63) is 23.0 Å². The lowest BCUT2D eigenvalue weighted by Crippen LogP contribution is -2.39. The molecule has 0 unspecified atom stereocenters. The van der Waals surface area contributed by atoms with E-state index in [1.165, 1.54) is 11.2 Å². The lowest BCUT2D eigenvalue weighted by Gasteiger charge is -2.30. The van der Waals surface area contributed by atoms with Crippen LogP contribution in [-0.2, 0) is 14.8 Å². The van der Waals surface area contributed by atoms with Gasteiger partial charge in [0.2, 0.25) is 15.9 Å². The van der Waals surface area contributed by atoms with E-state index in [4.69, 9.17) is 11.6 Å². The number of amides is 1. The lowest BCUT2D eigenvalue weighted by molar-refractivity contribution is -0.114. The summed E-state index contributed by atoms with van der Waals surface area (Å²) in [6.07, 6.45) is 1.70. The molecule has 1 atom stereocenters. The average molecular weight is 349 g/mol. The average Bonchev–Trinajstić information content (AvgIpc) is 2.41. The number of nitrogens with one attached hydrogen (secondary N) is 1. The second-order valence-corrected chi connectivity index (χ2v) is 7.87. The monoisotopic (exact) mass is 348 g/mol. The van der Waals surface area contributed by atoms with Crippen molar-refractivity contribution in [2.45, 2.75) is 31.6 Å². The molecule has 22 heavy (non-hydrogen) atoms. The number of carbonyl (C=O) groups is 1. The second-order valence-electron chi connectivity index (χ2n) is 5.55. The molecule has 1 aliphatic rings. The molecule has 1 saturated heterocycles. The molecule has 2 rings (SSSR count). The summed E-state index contributed by atoms with van der Waals surface area (Å²) in [4.78, 5) is 10.6. The predicted octanol–water partition coefficient (Wildman–Crippen LogP) is 2.86. The van der Waals surface area contributed by atoms with Gasteiger partial charge < -0.3 is 5.32 Å². The fraction of sp³-hybridized carbons (Fsp3) is 0.500. The van der Waals surface area contributed by atoms with Crippen LogP contribution in [-0.4, -0.2) is 31.7 Å². The van der Waals surface area contributed by atoms with Gasteiger partial charge in [-0.15, -0.1) is 0 Å². The Morgan fingerprint density at radius 3 is 2.73 bits per heavy atom. The molecule has 1 N–H and O–H groups in total. The van der Waals surface area contributed by atoms with Crippen molar-refractivity contribution >= 4 is 33.2 Å². The largest absolute Gasteiger partial charge is 0.325 e. The van der Waals surface area contributed by atoms with Crippen LogP contribution in [0.4, 0.5) is 10.1 Å². The Morgan fingerprint density at radius 2 is 2.14 bits per heavy atom. The standard InChI is InChI=1S/C14H18ClFN2O3S/c1-9-4-3-5-18(8-9)22(20,21)14-6-11(15)13(7-12(14)16)17-10(2)19/h6-7,9H,3-5,8H2,1-2H3,(H,17,19)/t9-/m0/s1. The number of carbonyl (C=O) groups excluding carboxylic acids is 1. The number of hydrogen-bond acceptors (Lipinski definition) is 3. The molecule has 1 heterocycles. The van der Waals surface area contributed by atoms with E-state index in [2.05, 4.69) is 5.32 Å². The number of benzene rings is 1. The Hall–Kier alpha value is -1.18. The Kier molecular flexibility index (Phi) is 5.09. The van der Waals surface area contributed by atoms with E-state index < -0.39 is 26.6 Å². The molecule has 1 aromatic carbocycles. The van der Waals surface area contributed by atoms with Gasteiger partial charge in [-0.2, -0.15) is 4.31 Å². The van der Waals surface area contributed by atoms with Gasteiger partial charge >= 0.3 is 0 Å². The summed E-state index contributed by atoms with van der Waals surface area (Å²) in [6, 6.07) is 1.99. The minimum absolute atomic E-state index is 0.0137. The van der Waals surface area contributed by atoms with Crippen LogP contribution in [0.15, 0.2) is 17.0 Å². The molecular formula is C14H18ClFN2O3S. The third-order valence-corrected chi connectivity index (χ3v) is 5.76. The number of piperidine rings is 1. The van der Waals surface area contributed by atoms with E-state index in [0.29, 0.717) is 13.1 Å². The van der Waals surface area contributed by atoms with Crippen LogP contribution in [0.1, 0.15) is 26.7 Å². The summed E-state index contributed by atoms with van der Waals surface area (Å²) < 4.78 is 40.7. The molecule has 122 valence electrons. The number of hydrogen-bond donors (Lipinski definition) is 1. The van der Waals surface area contributed by atoms with Gasteiger partial charge in [0.15, 0.2) is 0 Å². The van der Waals surface area contributed by atoms with Crippen molar-refractivity contribution in [1.82, 2.24) is 4.31 Å². The quantitative estimate of drug-likeness (QED) is 0.913. The minimum Gasteiger partial charge on any atom is -0.325 e. The maximum atomic E-state index is 14.2. The summed E-state index contributed by atoms with van der Waals surface area (Å²) in [5.41, 5.74) is 0.0534. The second kappa shape index (κ2) is 6.52. The van der Waals surface area contributed by atoms with Crippen molar-refractivity contribution in [2.75, 3.05) is 18.4 Å². The highest BCUT2D eigenvalue weighted by atomic mass is 35.5. The van der Waals surface area contributed by atoms with Crippen molar-refractivity contribution in [1.29, 1.82) is 0 Å². The van der Waals surface area contributed by atoms with Crippen LogP contribution in [0, 0.1) is 11.7 Å². The van der Waals surface area contributed by atoms with E-state index in [0.717, 1.165) is 25.0 Å². The minimum atomic E-state index is -3.93. The first kappa shape index (κ1) is 17.2. The molecule has 0 bridgehead atoms. The topological polar surface area (TPSA) is 66.5 Å². The lowest BCUT2D eigenvalue weighted by atomic mass is 10.0. The fourth-order valence-corrected chi connectivity index (χ4v) is 4.46. The predicted molar refractivity (Wildman–Crippen MR) is 82.9 cm³/mol. The van der Waals surface area contributed by atoms with Gasteiger partial charge in [0.25, 0.3) is 0 Å². The first-order valence-corrected chi connectivity index (χ1v) is 8.80. The molecule has 5 nitrogen and oxygen atoms in total. The number of rotatable bonds is 3. The number of nitrogens with zero attached hydrogens (tertiary/aromatic N) is 1. The van der Waals surface area contributed by atoms with Crippen LogP contribution < -0.4 is 5.32 Å². The Balaban J connectivity index is 2.39. The third kappa shape index (κ3) is 3.59. The van der Waals surface area contributed by atoms with Crippen molar-refractivity contribution in [2.24, 2.45) is 5.92 Å². The normalized spacial score (nSPS) is 19.9. The number of halogens is 2. The summed E-state index contributed by atoms with van der Waals surface area (Å²) in [7, 11) is -3.93. The zero-order chi connectivity index (χ0) is 16.5. The molecule has 1 fully saturated rings. The molecule has 0 radical (unpaired) electrons. The molecule has 0 aliphatic carbocycles. The fourth-order valence-electron chi connectivity index (χ4n) is 2.52. The van der Waals surface area contributed by atoms with Crippen molar-refractivity contribution < 1.29 is 17.6 Å². The van der Waals surface area contributed by atoms with E-state index in [1.54, 1.807) is 0 Å². The molecule has 0 saturated carbocycles. The van der Waals surface area contributed by atoms with Crippen LogP contribution in [0.2, 0.25) is 5.02 Å². The highest BCUT2D eigenvalue weighted by Gasteiger charge is 2.31. The van der Waals surface area contributed by atoms with Crippen LogP contribution >= 0.6 is 11.6 Å². The van der Waals surface area contributed by atoms with Gasteiger partial charge in [0, 0.05) is 26.1 Å². The molecule has 1 aromatic rings. The van der Waals surface area contributed by atoms with Gasteiger partial charge in [0.1, 0.15) is 10.7 Å². The Morgan fingerprint density at radius 1 is 1.45 bits per heavy atom. The highest BCUT2D eigenvalue weighted by molar-refractivity contribution is 7.89. The third-order valence-electron chi connectivity index (χ3n) is 3.57. The first-order chi connectivity index (χ1) is 10.2. The van der Waals surface area contributed by atoms with Gasteiger partial charge in [-0.05, 0) is 24.8 Å². The first-order valence-electron chi connectivity index (χ1n) is 6.98. The summed E-state index contributed by atoms with van der Waals surface area (Å²) in [5, 5.41) is 2.35. The van der Waals surface area contributed by atoms with Gasteiger partial charge in [-0.1, -0.05) is 18.5 Å². The molecular weight excluding hydrogens is 331 g/mol. The maximum absolute atomic E-state index is 14.2. The van der Waals surface area contributed by atoms with Crippen LogP contribution in [0.3, 0.4) is 0 Å². The van der Waals surface area contributed by atoms with Crippen molar-refractivity contribution in [3.8, 4) is 0 Å². The Bertz CT molecular complexity index is 694. The Labute approximate surface area is 134 Å². The summed E-state index contributed by atoms with van der Waals surface area (Å²) in [6.45, 7) is 3.96. The van der Waals surface area contributed by atoms with Crippen molar-refractivity contribution in [3.63, 3.8) is 0 Å². The maximum Gasteiger partial charge on any atom is 0.246 e.